The third-order valence-electron chi connectivity index (χ3n) is 5.55. The molecule has 0 radical (unpaired) electrons. The van der Waals surface area contributed by atoms with Crippen molar-refractivity contribution in [1.29, 1.82) is 0 Å². The van der Waals surface area contributed by atoms with Gasteiger partial charge in [0.1, 0.15) is 17.1 Å². The van der Waals surface area contributed by atoms with Crippen molar-refractivity contribution in [2.24, 2.45) is 0 Å². The van der Waals surface area contributed by atoms with E-state index in [4.69, 9.17) is 23.4 Å². The number of halogens is 1. The molecular weight excluding hydrogens is 516 g/mol. The number of hydrogen-bond donors (Lipinski definition) is 0. The Morgan fingerprint density at radius 1 is 1.03 bits per heavy atom. The van der Waals surface area contributed by atoms with Gasteiger partial charge in [-0.05, 0) is 55.0 Å². The lowest BCUT2D eigenvalue weighted by atomic mass is 10.0. The molecule has 0 bridgehead atoms. The molecule has 1 aliphatic heterocycles. The van der Waals surface area contributed by atoms with Gasteiger partial charge in [0.2, 0.25) is 11.5 Å². The number of ether oxygens (including phenoxy) is 4. The van der Waals surface area contributed by atoms with E-state index in [2.05, 4.69) is 15.9 Å². The fourth-order valence-electron chi connectivity index (χ4n) is 3.98. The Hall–Kier alpha value is -4.04. The summed E-state index contributed by atoms with van der Waals surface area (Å²) in [7, 11) is 3.07. The number of aryl methyl sites for hydroxylation is 1. The van der Waals surface area contributed by atoms with Gasteiger partial charge in [-0.1, -0.05) is 28.1 Å². The number of benzene rings is 3. The maximum absolute atomic E-state index is 13.1. The molecule has 0 unspecified atom stereocenters. The summed E-state index contributed by atoms with van der Waals surface area (Å²) in [4.78, 5) is 25.8. The highest BCUT2D eigenvalue weighted by molar-refractivity contribution is 9.10. The number of hydrogen-bond acceptors (Lipinski definition) is 7. The first-order chi connectivity index (χ1) is 16.9. The minimum atomic E-state index is -0.655. The van der Waals surface area contributed by atoms with Crippen LogP contribution in [0.1, 0.15) is 32.0 Å². The van der Waals surface area contributed by atoms with E-state index in [-0.39, 0.29) is 23.1 Å². The number of ketones is 1. The first-order valence-corrected chi connectivity index (χ1v) is 11.4. The van der Waals surface area contributed by atoms with Gasteiger partial charge in [-0.25, -0.2) is 4.79 Å². The normalized spacial score (nSPS) is 13.6. The minimum absolute atomic E-state index is 0.0685. The fourth-order valence-corrected chi connectivity index (χ4v) is 4.35. The molecule has 176 valence electrons. The fraction of sp³-hybridized carbons (Fsp3) is 0.111. The molecule has 0 saturated heterocycles. The highest BCUT2D eigenvalue weighted by Gasteiger charge is 2.31. The zero-order chi connectivity index (χ0) is 24.7. The smallest absolute Gasteiger partial charge is 0.379 e. The molecular formula is C27H19BrO7. The molecule has 1 aromatic heterocycles. The summed E-state index contributed by atoms with van der Waals surface area (Å²) in [6.45, 7) is 1.76. The second-order valence-electron chi connectivity index (χ2n) is 7.82. The van der Waals surface area contributed by atoms with Gasteiger partial charge in [-0.3, -0.25) is 4.79 Å². The minimum Gasteiger partial charge on any atom is -0.493 e. The lowest BCUT2D eigenvalue weighted by Crippen LogP contribution is -2.07. The Morgan fingerprint density at radius 2 is 1.86 bits per heavy atom. The van der Waals surface area contributed by atoms with Crippen molar-refractivity contribution in [2.75, 3.05) is 14.2 Å². The Labute approximate surface area is 209 Å². The van der Waals surface area contributed by atoms with Crippen LogP contribution in [0.4, 0.5) is 0 Å². The number of esters is 1. The molecule has 7 nitrogen and oxygen atoms in total. The van der Waals surface area contributed by atoms with Crippen LogP contribution in [0.3, 0.4) is 0 Å². The molecule has 35 heavy (non-hydrogen) atoms. The Balaban J connectivity index is 1.43. The predicted molar refractivity (Wildman–Crippen MR) is 133 cm³/mol. The third kappa shape index (κ3) is 4.17. The standard InChI is InChI=1S/C27H19BrO7/c1-14-9-18(33-27(30)23-12-16-10-17(28)7-8-19(16)34-23)13-21-24(14)25(29)22(35-21)11-15-5-4-6-20(31-2)26(15)32-3/h4-13H,1-3H3/b22-11-. The van der Waals surface area contributed by atoms with Crippen molar-refractivity contribution in [1.82, 2.24) is 0 Å². The summed E-state index contributed by atoms with van der Waals surface area (Å²) in [6.07, 6.45) is 1.60. The summed E-state index contributed by atoms with van der Waals surface area (Å²) in [5, 5.41) is 0.771. The van der Waals surface area contributed by atoms with Gasteiger partial charge in [0.25, 0.3) is 0 Å². The molecule has 2 heterocycles. The number of para-hydroxylation sites is 1. The molecule has 1 aliphatic rings. The van der Waals surface area contributed by atoms with Crippen LogP contribution in [0, 0.1) is 6.92 Å². The van der Waals surface area contributed by atoms with Crippen LogP contribution in [-0.4, -0.2) is 26.0 Å². The monoisotopic (exact) mass is 534 g/mol. The summed E-state index contributed by atoms with van der Waals surface area (Å²) in [5.74, 6) is 0.827. The lowest BCUT2D eigenvalue weighted by Gasteiger charge is -2.10. The van der Waals surface area contributed by atoms with E-state index < -0.39 is 5.97 Å². The summed E-state index contributed by atoms with van der Waals surface area (Å²) in [5.41, 5.74) is 2.22. The van der Waals surface area contributed by atoms with Gasteiger partial charge in [-0.2, -0.15) is 0 Å². The number of carbonyl (C=O) groups is 2. The van der Waals surface area contributed by atoms with Crippen LogP contribution < -0.4 is 18.9 Å². The molecule has 0 amide bonds. The molecule has 4 aromatic rings. The first kappa shape index (κ1) is 22.7. The van der Waals surface area contributed by atoms with Crippen molar-refractivity contribution in [3.63, 3.8) is 0 Å². The summed E-state index contributed by atoms with van der Waals surface area (Å²) < 4.78 is 28.6. The van der Waals surface area contributed by atoms with E-state index in [1.807, 2.05) is 12.1 Å². The third-order valence-corrected chi connectivity index (χ3v) is 6.05. The first-order valence-electron chi connectivity index (χ1n) is 10.6. The largest absolute Gasteiger partial charge is 0.493 e. The van der Waals surface area contributed by atoms with E-state index in [0.717, 1.165) is 9.86 Å². The second kappa shape index (κ2) is 8.96. The van der Waals surface area contributed by atoms with Gasteiger partial charge < -0.3 is 23.4 Å². The van der Waals surface area contributed by atoms with E-state index in [0.29, 0.717) is 39.5 Å². The number of fused-ring (bicyclic) bond motifs is 2. The Kier molecular flexibility index (Phi) is 5.82. The van der Waals surface area contributed by atoms with Gasteiger partial charge >= 0.3 is 5.97 Å². The molecule has 0 spiro atoms. The molecule has 3 aromatic carbocycles. The topological polar surface area (TPSA) is 84.2 Å². The average molecular weight is 535 g/mol. The number of methoxy groups -OCH3 is 2. The van der Waals surface area contributed by atoms with Crippen molar-refractivity contribution >= 4 is 44.7 Å². The Morgan fingerprint density at radius 3 is 2.63 bits per heavy atom. The number of allylic oxidation sites excluding steroid dienone is 1. The SMILES string of the molecule is COc1cccc(/C=C2\Oc3cc(OC(=O)c4cc5cc(Br)ccc5o4)cc(C)c3C2=O)c1OC. The van der Waals surface area contributed by atoms with Gasteiger partial charge in [0.05, 0.1) is 19.8 Å². The van der Waals surface area contributed by atoms with Gasteiger partial charge in [0.15, 0.2) is 17.3 Å². The molecule has 5 rings (SSSR count). The van der Waals surface area contributed by atoms with Gasteiger partial charge in [-0.15, -0.1) is 0 Å². The molecule has 0 saturated carbocycles. The van der Waals surface area contributed by atoms with Crippen LogP contribution in [0.25, 0.3) is 17.0 Å². The molecule has 0 N–H and O–H groups in total. The van der Waals surface area contributed by atoms with Crippen molar-refractivity contribution in [2.45, 2.75) is 6.92 Å². The van der Waals surface area contributed by atoms with E-state index in [9.17, 15) is 9.59 Å². The quantitative estimate of drug-likeness (QED) is 0.167. The molecule has 8 heteroatoms. The highest BCUT2D eigenvalue weighted by Crippen LogP contribution is 2.39. The second-order valence-corrected chi connectivity index (χ2v) is 8.73. The maximum Gasteiger partial charge on any atom is 0.379 e. The van der Waals surface area contributed by atoms with E-state index >= 15 is 0 Å². The van der Waals surface area contributed by atoms with Gasteiger partial charge in [0, 0.05) is 21.5 Å². The maximum atomic E-state index is 13.1. The van der Waals surface area contributed by atoms with Crippen LogP contribution in [-0.2, 0) is 0 Å². The zero-order valence-corrected chi connectivity index (χ0v) is 20.6. The van der Waals surface area contributed by atoms with E-state index in [1.54, 1.807) is 56.5 Å². The lowest BCUT2D eigenvalue weighted by molar-refractivity contribution is 0.0703. The summed E-state index contributed by atoms with van der Waals surface area (Å²) >= 11 is 3.40. The zero-order valence-electron chi connectivity index (χ0n) is 19.0. The number of furan rings is 1. The number of Topliss-reactive ketones (excluding diaryl/α,β-unsaturated/α-hetero) is 1. The van der Waals surface area contributed by atoms with Crippen molar-refractivity contribution < 1.29 is 33.0 Å². The molecule has 0 fully saturated rings. The molecule has 0 atom stereocenters. The van der Waals surface area contributed by atoms with Crippen LogP contribution in [0.2, 0.25) is 0 Å². The van der Waals surface area contributed by atoms with Crippen molar-refractivity contribution in [3.05, 3.63) is 87.3 Å². The highest BCUT2D eigenvalue weighted by atomic mass is 79.9. The average Bonchev–Trinajstić information content (AvgIpc) is 3.39. The Bertz CT molecular complexity index is 1530. The van der Waals surface area contributed by atoms with E-state index in [1.165, 1.54) is 13.2 Å². The number of rotatable bonds is 5. The molecule has 0 aliphatic carbocycles. The van der Waals surface area contributed by atoms with Crippen molar-refractivity contribution in [3.8, 4) is 23.0 Å². The summed E-state index contributed by atoms with van der Waals surface area (Å²) in [6, 6.07) is 15.5. The van der Waals surface area contributed by atoms with Crippen LogP contribution in [0.15, 0.2) is 69.2 Å². The van der Waals surface area contributed by atoms with Crippen LogP contribution >= 0.6 is 15.9 Å². The predicted octanol–water partition coefficient (Wildman–Crippen LogP) is 6.36. The van der Waals surface area contributed by atoms with Crippen LogP contribution in [0.5, 0.6) is 23.0 Å². The number of carbonyl (C=O) groups excluding carboxylic acids is 2.